The van der Waals surface area contributed by atoms with Crippen molar-refractivity contribution in [3.63, 3.8) is 0 Å². The first-order valence-corrected chi connectivity index (χ1v) is 7.47. The van der Waals surface area contributed by atoms with E-state index in [4.69, 9.17) is 0 Å². The Labute approximate surface area is 146 Å². The lowest BCUT2D eigenvalue weighted by Crippen LogP contribution is -2.42. The Morgan fingerprint density at radius 1 is 1.32 bits per heavy atom. The van der Waals surface area contributed by atoms with E-state index >= 15 is 0 Å². The van der Waals surface area contributed by atoms with Crippen molar-refractivity contribution in [3.8, 4) is 0 Å². The van der Waals surface area contributed by atoms with Gasteiger partial charge in [0.2, 0.25) is 5.91 Å². The normalized spacial score (nSPS) is 17.3. The summed E-state index contributed by atoms with van der Waals surface area (Å²) in [6.45, 7) is 5.64. The van der Waals surface area contributed by atoms with Gasteiger partial charge < -0.3 is 10.2 Å². The van der Waals surface area contributed by atoms with Crippen molar-refractivity contribution < 1.29 is 4.79 Å². The highest BCUT2D eigenvalue weighted by Gasteiger charge is 2.25. The van der Waals surface area contributed by atoms with Crippen LogP contribution in [0.3, 0.4) is 0 Å². The molecule has 0 spiro atoms. The van der Waals surface area contributed by atoms with Crippen LogP contribution in [-0.4, -0.2) is 55.0 Å². The number of benzene rings is 1. The summed E-state index contributed by atoms with van der Waals surface area (Å²) in [5.74, 6) is 0.150. The zero-order chi connectivity index (χ0) is 14.4. The maximum Gasteiger partial charge on any atom is 0.241 e. The average Bonchev–Trinajstić information content (AvgIpc) is 2.93. The van der Waals surface area contributed by atoms with Crippen LogP contribution < -0.4 is 5.32 Å². The van der Waals surface area contributed by atoms with E-state index in [2.05, 4.69) is 17.1 Å². The lowest BCUT2D eigenvalue weighted by molar-refractivity contribution is -0.128. The van der Waals surface area contributed by atoms with Crippen molar-refractivity contribution in [2.24, 2.45) is 0 Å². The van der Waals surface area contributed by atoms with E-state index in [0.717, 1.165) is 18.8 Å². The summed E-state index contributed by atoms with van der Waals surface area (Å²) in [6.07, 6.45) is 2.46. The molecule has 2 rings (SSSR count). The van der Waals surface area contributed by atoms with Gasteiger partial charge in [0.25, 0.3) is 0 Å². The molecule has 0 radical (unpaired) electrons. The van der Waals surface area contributed by atoms with E-state index in [1.165, 1.54) is 19.4 Å². The predicted octanol–water partition coefficient (Wildman–Crippen LogP) is 2.88. The summed E-state index contributed by atoms with van der Waals surface area (Å²) in [6, 6.07) is 10.4. The van der Waals surface area contributed by atoms with Crippen LogP contribution in [0.15, 0.2) is 30.3 Å². The third-order valence-electron chi connectivity index (χ3n) is 4.03. The second-order valence-corrected chi connectivity index (χ2v) is 5.42. The number of carbonyl (C=O) groups is 1. The molecule has 1 atom stereocenters. The van der Waals surface area contributed by atoms with Gasteiger partial charge in [0.1, 0.15) is 0 Å². The summed E-state index contributed by atoms with van der Waals surface area (Å²) >= 11 is 0. The molecule has 4 nitrogen and oxygen atoms in total. The Kier molecular flexibility index (Phi) is 10.2. The van der Waals surface area contributed by atoms with Gasteiger partial charge in [-0.3, -0.25) is 9.69 Å². The molecule has 1 aliphatic heterocycles. The molecular formula is C16H27Cl2N3O. The van der Waals surface area contributed by atoms with E-state index in [-0.39, 0.29) is 30.7 Å². The minimum absolute atomic E-state index is 0. The fourth-order valence-corrected chi connectivity index (χ4v) is 2.80. The van der Waals surface area contributed by atoms with Crippen LogP contribution in [0.25, 0.3) is 0 Å². The zero-order valence-corrected chi connectivity index (χ0v) is 15.0. The molecule has 1 unspecified atom stereocenters. The molecule has 1 heterocycles. The molecule has 0 aromatic heterocycles. The van der Waals surface area contributed by atoms with Crippen LogP contribution >= 0.6 is 24.8 Å². The van der Waals surface area contributed by atoms with Gasteiger partial charge in [-0.2, -0.15) is 0 Å². The predicted molar refractivity (Wildman–Crippen MR) is 97.3 cm³/mol. The second-order valence-electron chi connectivity index (χ2n) is 5.42. The SMILES string of the molecule is CCN1CCCC1CN(C)C(=O)CNc1ccccc1.Cl.Cl. The van der Waals surface area contributed by atoms with Crippen molar-refractivity contribution in [2.45, 2.75) is 25.8 Å². The fraction of sp³-hybridized carbons (Fsp3) is 0.562. The first-order chi connectivity index (χ1) is 9.70. The molecule has 1 N–H and O–H groups in total. The Bertz CT molecular complexity index is 431. The molecule has 0 saturated carbocycles. The quantitative estimate of drug-likeness (QED) is 0.859. The third-order valence-corrected chi connectivity index (χ3v) is 4.03. The van der Waals surface area contributed by atoms with Gasteiger partial charge in [0.05, 0.1) is 6.54 Å². The van der Waals surface area contributed by atoms with Crippen molar-refractivity contribution in [2.75, 3.05) is 38.5 Å². The number of para-hydroxylation sites is 1. The zero-order valence-electron chi connectivity index (χ0n) is 13.3. The molecule has 0 aliphatic carbocycles. The van der Waals surface area contributed by atoms with Crippen molar-refractivity contribution in [3.05, 3.63) is 30.3 Å². The van der Waals surface area contributed by atoms with Crippen LogP contribution in [0.4, 0.5) is 5.69 Å². The molecule has 1 aliphatic rings. The van der Waals surface area contributed by atoms with Gasteiger partial charge in [-0.15, -0.1) is 24.8 Å². The Morgan fingerprint density at radius 2 is 2.00 bits per heavy atom. The molecule has 1 aromatic carbocycles. The van der Waals surface area contributed by atoms with E-state index in [1.807, 2.05) is 42.3 Å². The Morgan fingerprint density at radius 3 is 2.64 bits per heavy atom. The van der Waals surface area contributed by atoms with Crippen molar-refractivity contribution in [1.82, 2.24) is 9.80 Å². The monoisotopic (exact) mass is 347 g/mol. The lowest BCUT2D eigenvalue weighted by Gasteiger charge is -2.28. The number of likely N-dealkylation sites (tertiary alicyclic amines) is 1. The highest BCUT2D eigenvalue weighted by molar-refractivity contribution is 5.85. The minimum atomic E-state index is 0. The first-order valence-electron chi connectivity index (χ1n) is 7.47. The van der Waals surface area contributed by atoms with E-state index in [0.29, 0.717) is 12.6 Å². The summed E-state index contributed by atoms with van der Waals surface area (Å²) in [5.41, 5.74) is 0.991. The van der Waals surface area contributed by atoms with Gasteiger partial charge in [-0.05, 0) is 38.1 Å². The van der Waals surface area contributed by atoms with E-state index < -0.39 is 0 Å². The highest BCUT2D eigenvalue weighted by Crippen LogP contribution is 2.17. The average molecular weight is 348 g/mol. The number of hydrogen-bond acceptors (Lipinski definition) is 3. The molecule has 1 aromatic rings. The third kappa shape index (κ3) is 6.03. The molecule has 1 saturated heterocycles. The van der Waals surface area contributed by atoms with Crippen LogP contribution in [0, 0.1) is 0 Å². The minimum Gasteiger partial charge on any atom is -0.376 e. The number of nitrogens with one attached hydrogen (secondary N) is 1. The van der Waals surface area contributed by atoms with Crippen LogP contribution in [0.5, 0.6) is 0 Å². The van der Waals surface area contributed by atoms with Crippen LogP contribution in [0.2, 0.25) is 0 Å². The Balaban J connectivity index is 0.00000220. The highest BCUT2D eigenvalue weighted by atomic mass is 35.5. The molecule has 6 heteroatoms. The largest absolute Gasteiger partial charge is 0.376 e. The van der Waals surface area contributed by atoms with Crippen molar-refractivity contribution in [1.29, 1.82) is 0 Å². The van der Waals surface area contributed by atoms with E-state index in [1.54, 1.807) is 0 Å². The second kappa shape index (κ2) is 10.7. The number of nitrogens with zero attached hydrogens (tertiary/aromatic N) is 2. The topological polar surface area (TPSA) is 35.6 Å². The first kappa shape index (κ1) is 21.0. The molecule has 0 bridgehead atoms. The summed E-state index contributed by atoms with van der Waals surface area (Å²) in [7, 11) is 1.90. The maximum atomic E-state index is 12.1. The van der Waals surface area contributed by atoms with E-state index in [9.17, 15) is 4.79 Å². The fourth-order valence-electron chi connectivity index (χ4n) is 2.80. The molecule has 1 amide bonds. The number of likely N-dealkylation sites (N-methyl/N-ethyl adjacent to an activating group) is 2. The van der Waals surface area contributed by atoms with Crippen LogP contribution in [-0.2, 0) is 4.79 Å². The van der Waals surface area contributed by atoms with Gasteiger partial charge in [-0.25, -0.2) is 0 Å². The number of amides is 1. The summed E-state index contributed by atoms with van der Waals surface area (Å²) in [5, 5.41) is 3.17. The smallest absolute Gasteiger partial charge is 0.241 e. The standard InChI is InChI=1S/C16H25N3O.2ClH/c1-3-19-11-7-10-15(19)13-18(2)16(20)12-17-14-8-5-4-6-9-14;;/h4-6,8-9,15,17H,3,7,10-13H2,1-2H3;2*1H. The van der Waals surface area contributed by atoms with Crippen LogP contribution in [0.1, 0.15) is 19.8 Å². The van der Waals surface area contributed by atoms with Gasteiger partial charge in [0.15, 0.2) is 0 Å². The lowest BCUT2D eigenvalue weighted by atomic mass is 10.2. The number of hydrogen-bond donors (Lipinski definition) is 1. The molecule has 126 valence electrons. The van der Waals surface area contributed by atoms with Gasteiger partial charge in [-0.1, -0.05) is 25.1 Å². The molecular weight excluding hydrogens is 321 g/mol. The number of halogens is 2. The number of rotatable bonds is 6. The Hall–Kier alpha value is -0.970. The number of carbonyl (C=O) groups excluding carboxylic acids is 1. The summed E-state index contributed by atoms with van der Waals surface area (Å²) < 4.78 is 0. The van der Waals surface area contributed by atoms with Gasteiger partial charge >= 0.3 is 0 Å². The number of anilines is 1. The molecule has 22 heavy (non-hydrogen) atoms. The summed E-state index contributed by atoms with van der Waals surface area (Å²) in [4.78, 5) is 16.5. The van der Waals surface area contributed by atoms with Gasteiger partial charge in [0, 0.05) is 25.3 Å². The maximum absolute atomic E-state index is 12.1. The van der Waals surface area contributed by atoms with Crippen molar-refractivity contribution >= 4 is 36.4 Å². The molecule has 1 fully saturated rings.